The SMILES string of the molecule is CN1CC2CCNCC2c2cc(C(C)(C)C)ccc21. The van der Waals surface area contributed by atoms with Gasteiger partial charge >= 0.3 is 0 Å². The van der Waals surface area contributed by atoms with Crippen molar-refractivity contribution in [2.24, 2.45) is 5.92 Å². The Bertz CT molecular complexity index is 473. The lowest BCUT2D eigenvalue weighted by atomic mass is 9.75. The van der Waals surface area contributed by atoms with E-state index in [0.29, 0.717) is 5.92 Å². The predicted octanol–water partition coefficient (Wildman–Crippen LogP) is 3.13. The number of hydrogen-bond acceptors (Lipinski definition) is 2. The summed E-state index contributed by atoms with van der Waals surface area (Å²) in [5, 5.41) is 3.58. The van der Waals surface area contributed by atoms with E-state index < -0.39 is 0 Å². The Hall–Kier alpha value is -1.02. The number of piperidine rings is 1. The van der Waals surface area contributed by atoms with E-state index in [1.807, 2.05) is 0 Å². The van der Waals surface area contributed by atoms with E-state index in [4.69, 9.17) is 0 Å². The van der Waals surface area contributed by atoms with E-state index >= 15 is 0 Å². The van der Waals surface area contributed by atoms with E-state index in [2.05, 4.69) is 56.2 Å². The Morgan fingerprint density at radius 3 is 2.79 bits per heavy atom. The normalized spacial score (nSPS) is 26.8. The Labute approximate surface area is 117 Å². The van der Waals surface area contributed by atoms with Gasteiger partial charge in [0.25, 0.3) is 0 Å². The average molecular weight is 258 g/mol. The number of nitrogens with zero attached hydrogens (tertiary/aromatic N) is 1. The molecule has 2 aliphatic rings. The van der Waals surface area contributed by atoms with Crippen LogP contribution in [0.25, 0.3) is 0 Å². The maximum Gasteiger partial charge on any atom is 0.0399 e. The number of anilines is 1. The predicted molar refractivity (Wildman–Crippen MR) is 82.1 cm³/mol. The van der Waals surface area contributed by atoms with Gasteiger partial charge in [0.2, 0.25) is 0 Å². The van der Waals surface area contributed by atoms with Crippen molar-refractivity contribution < 1.29 is 0 Å². The fourth-order valence-corrected chi connectivity index (χ4v) is 3.61. The van der Waals surface area contributed by atoms with E-state index in [1.54, 1.807) is 5.56 Å². The van der Waals surface area contributed by atoms with Crippen LogP contribution in [0.2, 0.25) is 0 Å². The first-order chi connectivity index (χ1) is 8.97. The van der Waals surface area contributed by atoms with Crippen molar-refractivity contribution in [1.29, 1.82) is 0 Å². The molecule has 1 saturated heterocycles. The summed E-state index contributed by atoms with van der Waals surface area (Å²) in [6, 6.07) is 7.11. The molecule has 2 nitrogen and oxygen atoms in total. The molecule has 2 heterocycles. The van der Waals surface area contributed by atoms with Crippen molar-refractivity contribution in [3.8, 4) is 0 Å². The van der Waals surface area contributed by atoms with Crippen LogP contribution < -0.4 is 10.2 Å². The number of nitrogens with one attached hydrogen (secondary N) is 1. The van der Waals surface area contributed by atoms with Crippen LogP contribution in [0.4, 0.5) is 5.69 Å². The summed E-state index contributed by atoms with van der Waals surface area (Å²) in [5.74, 6) is 1.54. The van der Waals surface area contributed by atoms with Gasteiger partial charge in [-0.25, -0.2) is 0 Å². The van der Waals surface area contributed by atoms with Gasteiger partial charge in [-0.2, -0.15) is 0 Å². The molecule has 0 amide bonds. The second-order valence-corrected chi connectivity index (χ2v) is 7.26. The van der Waals surface area contributed by atoms with Crippen molar-refractivity contribution in [3.05, 3.63) is 29.3 Å². The van der Waals surface area contributed by atoms with Gasteiger partial charge in [0.05, 0.1) is 0 Å². The first-order valence-corrected chi connectivity index (χ1v) is 7.53. The van der Waals surface area contributed by atoms with Crippen LogP contribution in [-0.2, 0) is 5.41 Å². The van der Waals surface area contributed by atoms with Crippen molar-refractivity contribution in [2.75, 3.05) is 31.6 Å². The largest absolute Gasteiger partial charge is 0.374 e. The molecule has 0 radical (unpaired) electrons. The summed E-state index contributed by atoms with van der Waals surface area (Å²) in [7, 11) is 2.24. The van der Waals surface area contributed by atoms with Crippen LogP contribution in [0.15, 0.2) is 18.2 Å². The highest BCUT2D eigenvalue weighted by Crippen LogP contribution is 2.42. The maximum atomic E-state index is 3.58. The molecular weight excluding hydrogens is 232 g/mol. The average Bonchev–Trinajstić information content (AvgIpc) is 2.37. The standard InChI is InChI=1S/C17H26N2/c1-17(2,3)13-5-6-16-14(9-13)15-10-18-8-7-12(15)11-19(16)4/h5-6,9,12,15,18H,7-8,10-11H2,1-4H3. The zero-order chi connectivity index (χ0) is 13.6. The summed E-state index contributed by atoms with van der Waals surface area (Å²) in [6.07, 6.45) is 1.31. The second-order valence-electron chi connectivity index (χ2n) is 7.26. The lowest BCUT2D eigenvalue weighted by Crippen LogP contribution is -2.44. The summed E-state index contributed by atoms with van der Waals surface area (Å²) >= 11 is 0. The molecule has 0 aliphatic carbocycles. The summed E-state index contributed by atoms with van der Waals surface area (Å²) in [4.78, 5) is 2.45. The van der Waals surface area contributed by atoms with E-state index in [0.717, 1.165) is 12.5 Å². The minimum atomic E-state index is 0.239. The molecule has 2 unspecified atom stereocenters. The van der Waals surface area contributed by atoms with E-state index in [9.17, 15) is 0 Å². The van der Waals surface area contributed by atoms with Crippen LogP contribution in [0.3, 0.4) is 0 Å². The maximum absolute atomic E-state index is 3.58. The van der Waals surface area contributed by atoms with Gasteiger partial charge < -0.3 is 10.2 Å². The molecule has 2 aliphatic heterocycles. The van der Waals surface area contributed by atoms with Crippen LogP contribution in [0.5, 0.6) is 0 Å². The molecule has 1 fully saturated rings. The number of benzene rings is 1. The van der Waals surface area contributed by atoms with Crippen molar-refractivity contribution >= 4 is 5.69 Å². The molecule has 0 bridgehead atoms. The quantitative estimate of drug-likeness (QED) is 0.769. The van der Waals surface area contributed by atoms with Gasteiger partial charge in [0, 0.05) is 31.7 Å². The first kappa shape index (κ1) is 13.0. The number of rotatable bonds is 0. The van der Waals surface area contributed by atoms with Crippen LogP contribution in [0, 0.1) is 5.92 Å². The molecule has 2 heteroatoms. The monoisotopic (exact) mass is 258 g/mol. The summed E-state index contributed by atoms with van der Waals surface area (Å²) in [6.45, 7) is 10.5. The second kappa shape index (κ2) is 4.52. The minimum absolute atomic E-state index is 0.239. The fraction of sp³-hybridized carbons (Fsp3) is 0.647. The molecular formula is C17H26N2. The van der Waals surface area contributed by atoms with Gasteiger partial charge in [0.1, 0.15) is 0 Å². The Morgan fingerprint density at radius 1 is 1.26 bits per heavy atom. The summed E-state index contributed by atoms with van der Waals surface area (Å²) < 4.78 is 0. The third-order valence-electron chi connectivity index (χ3n) is 4.84. The zero-order valence-corrected chi connectivity index (χ0v) is 12.7. The molecule has 0 saturated carbocycles. The Morgan fingerprint density at radius 2 is 2.05 bits per heavy atom. The van der Waals surface area contributed by atoms with Gasteiger partial charge in [-0.1, -0.05) is 32.9 Å². The van der Waals surface area contributed by atoms with Gasteiger partial charge in [-0.15, -0.1) is 0 Å². The molecule has 1 aromatic carbocycles. The van der Waals surface area contributed by atoms with Crippen LogP contribution >= 0.6 is 0 Å². The molecule has 2 atom stereocenters. The molecule has 0 spiro atoms. The van der Waals surface area contributed by atoms with E-state index in [1.165, 1.54) is 30.8 Å². The highest BCUT2D eigenvalue weighted by Gasteiger charge is 2.34. The van der Waals surface area contributed by atoms with E-state index in [-0.39, 0.29) is 5.41 Å². The van der Waals surface area contributed by atoms with Gasteiger partial charge in [-0.05, 0) is 41.5 Å². The van der Waals surface area contributed by atoms with Crippen molar-refractivity contribution in [1.82, 2.24) is 5.32 Å². The van der Waals surface area contributed by atoms with Gasteiger partial charge in [0.15, 0.2) is 0 Å². The topological polar surface area (TPSA) is 15.3 Å². The smallest absolute Gasteiger partial charge is 0.0399 e. The van der Waals surface area contributed by atoms with Crippen molar-refractivity contribution in [2.45, 2.75) is 38.5 Å². The Kier molecular flexibility index (Phi) is 3.09. The van der Waals surface area contributed by atoms with Crippen LogP contribution in [-0.4, -0.2) is 26.7 Å². The first-order valence-electron chi connectivity index (χ1n) is 7.53. The third-order valence-corrected chi connectivity index (χ3v) is 4.84. The lowest BCUT2D eigenvalue weighted by molar-refractivity contribution is 0.316. The number of fused-ring (bicyclic) bond motifs is 3. The van der Waals surface area contributed by atoms with Crippen LogP contribution in [0.1, 0.15) is 44.2 Å². The molecule has 1 N–H and O–H groups in total. The highest BCUT2D eigenvalue weighted by atomic mass is 15.1. The lowest BCUT2D eigenvalue weighted by Gasteiger charge is -2.43. The Balaban J connectivity index is 2.05. The fourth-order valence-electron chi connectivity index (χ4n) is 3.61. The molecule has 3 rings (SSSR count). The minimum Gasteiger partial charge on any atom is -0.374 e. The highest BCUT2D eigenvalue weighted by molar-refractivity contribution is 5.59. The molecule has 1 aromatic rings. The van der Waals surface area contributed by atoms with Crippen molar-refractivity contribution in [3.63, 3.8) is 0 Å². The number of hydrogen-bond donors (Lipinski definition) is 1. The molecule has 104 valence electrons. The third kappa shape index (κ3) is 2.27. The molecule has 19 heavy (non-hydrogen) atoms. The summed E-state index contributed by atoms with van der Waals surface area (Å²) in [5.41, 5.74) is 4.71. The molecule has 0 aromatic heterocycles. The zero-order valence-electron chi connectivity index (χ0n) is 12.7. The van der Waals surface area contributed by atoms with Gasteiger partial charge in [-0.3, -0.25) is 0 Å².